The molecule has 2 fully saturated rings. The zero-order chi connectivity index (χ0) is 23.9. The Hall–Kier alpha value is -2.06. The number of fused-ring (bicyclic) bond motifs is 1. The van der Waals surface area contributed by atoms with Crippen LogP contribution in [0.1, 0.15) is 24.1 Å². The van der Waals surface area contributed by atoms with Crippen LogP contribution >= 0.6 is 34.5 Å². The molecule has 0 unspecified atom stereocenters. The summed E-state index contributed by atoms with van der Waals surface area (Å²) in [6.45, 7) is 4.93. The van der Waals surface area contributed by atoms with Crippen LogP contribution < -0.4 is 0 Å². The first kappa shape index (κ1) is 23.7. The molecule has 9 heteroatoms. The van der Waals surface area contributed by atoms with Crippen LogP contribution in [0.2, 0.25) is 10.0 Å². The second-order valence-corrected chi connectivity index (χ2v) is 11.2. The molecule has 4 heterocycles. The van der Waals surface area contributed by atoms with Crippen LogP contribution in [0, 0.1) is 0 Å². The third-order valence-corrected chi connectivity index (χ3v) is 8.57. The van der Waals surface area contributed by atoms with E-state index in [1.807, 2.05) is 17.0 Å². The van der Waals surface area contributed by atoms with E-state index < -0.39 is 5.41 Å². The summed E-state index contributed by atoms with van der Waals surface area (Å²) in [5.74, 6) is 0.182. The molecule has 2 aliphatic heterocycles. The highest BCUT2D eigenvalue weighted by atomic mass is 35.5. The number of amides is 2. The predicted molar refractivity (Wildman–Crippen MR) is 138 cm³/mol. The van der Waals surface area contributed by atoms with E-state index in [4.69, 9.17) is 23.2 Å². The Morgan fingerprint density at radius 3 is 2.35 bits per heavy atom. The summed E-state index contributed by atoms with van der Waals surface area (Å²) in [7, 11) is 2.09. The van der Waals surface area contributed by atoms with Gasteiger partial charge in [0.2, 0.25) is 12.3 Å². The van der Waals surface area contributed by atoms with Gasteiger partial charge in [-0.1, -0.05) is 23.2 Å². The van der Waals surface area contributed by atoms with Gasteiger partial charge in [0, 0.05) is 61.6 Å². The van der Waals surface area contributed by atoms with E-state index in [2.05, 4.69) is 34.0 Å². The molecule has 0 bridgehead atoms. The lowest BCUT2D eigenvalue weighted by molar-refractivity contribution is -0.142. The quantitative estimate of drug-likeness (QED) is 0.472. The number of hydrogen-bond acceptors (Lipinski definition) is 4. The molecule has 1 aromatic carbocycles. The number of benzene rings is 1. The minimum Gasteiger partial charge on any atom is -0.345 e. The lowest BCUT2D eigenvalue weighted by atomic mass is 9.74. The maximum atomic E-state index is 14.2. The number of rotatable bonds is 5. The largest absolute Gasteiger partial charge is 0.345 e. The molecular formula is C25H28Cl2N4O2S. The Morgan fingerprint density at radius 2 is 1.71 bits per heavy atom. The third kappa shape index (κ3) is 4.35. The zero-order valence-corrected chi connectivity index (χ0v) is 21.5. The molecule has 0 spiro atoms. The van der Waals surface area contributed by atoms with E-state index in [0.29, 0.717) is 42.5 Å². The molecule has 3 aromatic rings. The number of aromatic nitrogens is 1. The van der Waals surface area contributed by atoms with Gasteiger partial charge in [0.1, 0.15) is 0 Å². The number of likely N-dealkylation sites (tertiary alicyclic amines) is 1. The van der Waals surface area contributed by atoms with Crippen LogP contribution in [0.25, 0.3) is 10.2 Å². The molecule has 180 valence electrons. The molecule has 5 rings (SSSR count). The van der Waals surface area contributed by atoms with Gasteiger partial charge in [-0.15, -0.1) is 11.3 Å². The first-order valence-corrected chi connectivity index (χ1v) is 13.2. The second kappa shape index (κ2) is 9.53. The summed E-state index contributed by atoms with van der Waals surface area (Å²) in [5, 5.41) is 3.28. The average molecular weight is 519 g/mol. The smallest absolute Gasteiger partial charge is 0.234 e. The van der Waals surface area contributed by atoms with Crippen LogP contribution in [0.15, 0.2) is 35.7 Å². The number of hydrogen-bond donors (Lipinski definition) is 0. The van der Waals surface area contributed by atoms with Crippen molar-refractivity contribution >= 4 is 57.1 Å². The number of carbonyl (C=O) groups excluding carboxylic acids is 2. The molecule has 0 atom stereocenters. The van der Waals surface area contributed by atoms with Gasteiger partial charge < -0.3 is 19.3 Å². The highest BCUT2D eigenvalue weighted by Crippen LogP contribution is 2.42. The summed E-state index contributed by atoms with van der Waals surface area (Å²) < 4.78 is 3.42. The van der Waals surface area contributed by atoms with Crippen LogP contribution in [-0.2, 0) is 21.5 Å². The normalized spacial score (nSPS) is 19.0. The minimum absolute atomic E-state index is 0.182. The first-order chi connectivity index (χ1) is 16.4. The Labute approximate surface area is 213 Å². The number of carbonyl (C=O) groups is 2. The summed E-state index contributed by atoms with van der Waals surface area (Å²) in [6.07, 6.45) is 2.13. The maximum absolute atomic E-state index is 14.2. The SMILES string of the molecule is CN1CCN(C(=O)C2(c3cc4sccc4n3Cc3cc(Cl)cc(Cl)c3)CCN(C=O)CC2)CC1. The molecule has 0 saturated carbocycles. The third-order valence-electron chi connectivity index (χ3n) is 7.28. The Kier molecular flexibility index (Phi) is 6.64. The molecule has 2 aliphatic rings. The fourth-order valence-corrected chi connectivity index (χ4v) is 6.73. The van der Waals surface area contributed by atoms with Gasteiger partial charge in [-0.3, -0.25) is 9.59 Å². The number of piperidine rings is 1. The molecular weight excluding hydrogens is 491 g/mol. The fraction of sp³-hybridized carbons (Fsp3) is 0.440. The van der Waals surface area contributed by atoms with Crippen molar-refractivity contribution < 1.29 is 9.59 Å². The Balaban J connectivity index is 1.60. The van der Waals surface area contributed by atoms with Crippen molar-refractivity contribution in [1.82, 2.24) is 19.3 Å². The second-order valence-electron chi connectivity index (χ2n) is 9.38. The van der Waals surface area contributed by atoms with Crippen LogP contribution in [-0.4, -0.2) is 77.9 Å². The minimum atomic E-state index is -0.670. The molecule has 0 radical (unpaired) electrons. The van der Waals surface area contributed by atoms with Crippen molar-refractivity contribution in [3.8, 4) is 0 Å². The zero-order valence-electron chi connectivity index (χ0n) is 19.2. The van der Waals surface area contributed by atoms with Crippen molar-refractivity contribution in [3.63, 3.8) is 0 Å². The highest BCUT2D eigenvalue weighted by molar-refractivity contribution is 7.17. The topological polar surface area (TPSA) is 48.8 Å². The summed E-state index contributed by atoms with van der Waals surface area (Å²) >= 11 is 14.3. The van der Waals surface area contributed by atoms with E-state index in [-0.39, 0.29) is 5.91 Å². The number of thiophene rings is 1. The number of likely N-dealkylation sites (N-methyl/N-ethyl adjacent to an activating group) is 1. The standard InChI is InChI=1S/C25H28Cl2N4O2S/c1-28-7-9-30(10-8-28)24(33)25(3-5-29(17-32)6-4-25)23-15-22-21(2-11-34-22)31(23)16-18-12-19(26)14-20(27)13-18/h2,11-15,17H,3-10,16H2,1H3. The molecule has 2 saturated heterocycles. The van der Waals surface area contributed by atoms with E-state index in [1.165, 1.54) is 0 Å². The Bertz CT molecular complexity index is 1190. The van der Waals surface area contributed by atoms with E-state index in [0.717, 1.165) is 54.1 Å². The van der Waals surface area contributed by atoms with Gasteiger partial charge in [-0.05, 0) is 61.2 Å². The van der Waals surface area contributed by atoms with Crippen molar-refractivity contribution in [3.05, 3.63) is 57.0 Å². The highest BCUT2D eigenvalue weighted by Gasteiger charge is 2.47. The first-order valence-electron chi connectivity index (χ1n) is 11.6. The van der Waals surface area contributed by atoms with Crippen molar-refractivity contribution in [2.24, 2.45) is 0 Å². The summed E-state index contributed by atoms with van der Waals surface area (Å²) in [4.78, 5) is 31.8. The van der Waals surface area contributed by atoms with E-state index in [1.54, 1.807) is 22.3 Å². The van der Waals surface area contributed by atoms with E-state index in [9.17, 15) is 9.59 Å². The summed E-state index contributed by atoms with van der Waals surface area (Å²) in [5.41, 5.74) is 2.46. The van der Waals surface area contributed by atoms with Gasteiger partial charge >= 0.3 is 0 Å². The molecule has 2 amide bonds. The lowest BCUT2D eigenvalue weighted by Crippen LogP contribution is -2.57. The average Bonchev–Trinajstić information content (AvgIpc) is 3.41. The Morgan fingerprint density at radius 1 is 1.03 bits per heavy atom. The lowest BCUT2D eigenvalue weighted by Gasteiger charge is -2.44. The molecule has 34 heavy (non-hydrogen) atoms. The molecule has 6 nitrogen and oxygen atoms in total. The van der Waals surface area contributed by atoms with Crippen molar-refractivity contribution in [2.75, 3.05) is 46.3 Å². The molecule has 2 aromatic heterocycles. The van der Waals surface area contributed by atoms with Gasteiger partial charge in [-0.2, -0.15) is 0 Å². The van der Waals surface area contributed by atoms with E-state index >= 15 is 0 Å². The van der Waals surface area contributed by atoms with Crippen LogP contribution in [0.3, 0.4) is 0 Å². The maximum Gasteiger partial charge on any atom is 0.234 e. The number of nitrogens with zero attached hydrogens (tertiary/aromatic N) is 4. The van der Waals surface area contributed by atoms with Gasteiger partial charge in [-0.25, -0.2) is 0 Å². The monoisotopic (exact) mass is 518 g/mol. The molecule has 0 aliphatic carbocycles. The number of halogens is 2. The number of piperazine rings is 1. The van der Waals surface area contributed by atoms with Crippen LogP contribution in [0.5, 0.6) is 0 Å². The fourth-order valence-electron chi connectivity index (χ4n) is 5.33. The van der Waals surface area contributed by atoms with Gasteiger partial charge in [0.05, 0.1) is 15.6 Å². The predicted octanol–water partition coefficient (Wildman–Crippen LogP) is 4.32. The van der Waals surface area contributed by atoms with Crippen molar-refractivity contribution in [2.45, 2.75) is 24.8 Å². The molecule has 0 N–H and O–H groups in total. The van der Waals surface area contributed by atoms with Crippen molar-refractivity contribution in [1.29, 1.82) is 0 Å². The summed E-state index contributed by atoms with van der Waals surface area (Å²) in [6, 6.07) is 9.90. The van der Waals surface area contributed by atoms with Crippen LogP contribution in [0.4, 0.5) is 0 Å². The van der Waals surface area contributed by atoms with Gasteiger partial charge in [0.25, 0.3) is 0 Å². The van der Waals surface area contributed by atoms with Gasteiger partial charge in [0.15, 0.2) is 0 Å².